The van der Waals surface area contributed by atoms with Gasteiger partial charge < -0.3 is 9.64 Å². The van der Waals surface area contributed by atoms with Crippen LogP contribution in [-0.2, 0) is 4.79 Å². The summed E-state index contributed by atoms with van der Waals surface area (Å²) in [5.74, 6) is -0.131. The first-order valence-electron chi connectivity index (χ1n) is 6.02. The molecule has 1 fully saturated rings. The molecule has 0 N–H and O–H groups in total. The highest BCUT2D eigenvalue weighted by molar-refractivity contribution is 6.32. The van der Waals surface area contributed by atoms with Gasteiger partial charge in [-0.3, -0.25) is 4.79 Å². The molecule has 2 rings (SSSR count). The average molecular weight is 272 g/mol. The standard InChI is InChI=1S/C13H15ClFNO2/c14-11-8-10(15)4-5-12(11)18-9-13(17)16-6-2-1-3-7-16/h4-5,8H,1-3,6-7,9H2. The van der Waals surface area contributed by atoms with Crippen molar-refractivity contribution in [2.24, 2.45) is 0 Å². The maximum atomic E-state index is 12.8. The summed E-state index contributed by atoms with van der Waals surface area (Å²) in [5.41, 5.74) is 0. The molecule has 1 saturated heterocycles. The zero-order chi connectivity index (χ0) is 13.0. The lowest BCUT2D eigenvalue weighted by Crippen LogP contribution is -2.38. The molecule has 3 nitrogen and oxygen atoms in total. The van der Waals surface area contributed by atoms with Crippen LogP contribution in [0.4, 0.5) is 4.39 Å². The lowest BCUT2D eigenvalue weighted by atomic mass is 10.1. The van der Waals surface area contributed by atoms with Crippen molar-refractivity contribution in [3.05, 3.63) is 29.0 Å². The van der Waals surface area contributed by atoms with Crippen molar-refractivity contribution in [2.45, 2.75) is 19.3 Å². The van der Waals surface area contributed by atoms with Gasteiger partial charge >= 0.3 is 0 Å². The van der Waals surface area contributed by atoms with Crippen LogP contribution in [0.3, 0.4) is 0 Å². The van der Waals surface area contributed by atoms with Crippen LogP contribution in [0.25, 0.3) is 0 Å². The molecule has 0 aromatic heterocycles. The lowest BCUT2D eigenvalue weighted by molar-refractivity contribution is -0.134. The van der Waals surface area contributed by atoms with Crippen molar-refractivity contribution >= 4 is 17.5 Å². The zero-order valence-electron chi connectivity index (χ0n) is 9.99. The molecule has 1 aromatic rings. The minimum atomic E-state index is -0.422. The van der Waals surface area contributed by atoms with Gasteiger partial charge in [-0.15, -0.1) is 0 Å². The largest absolute Gasteiger partial charge is 0.482 e. The second-order valence-electron chi connectivity index (χ2n) is 4.30. The number of ether oxygens (including phenoxy) is 1. The molecule has 0 spiro atoms. The Bertz CT molecular complexity index is 433. The molecule has 18 heavy (non-hydrogen) atoms. The monoisotopic (exact) mass is 271 g/mol. The molecule has 1 aliphatic heterocycles. The van der Waals surface area contributed by atoms with Gasteiger partial charge in [0.05, 0.1) is 5.02 Å². The highest BCUT2D eigenvalue weighted by atomic mass is 35.5. The quantitative estimate of drug-likeness (QED) is 0.846. The third kappa shape index (κ3) is 3.35. The molecule has 98 valence electrons. The SMILES string of the molecule is O=C(COc1ccc(F)cc1Cl)N1CCCCC1. The molecule has 0 bridgehead atoms. The van der Waals surface area contributed by atoms with Gasteiger partial charge in [0.2, 0.25) is 0 Å². The minimum Gasteiger partial charge on any atom is -0.482 e. The molecule has 1 aromatic carbocycles. The molecule has 0 radical (unpaired) electrons. The molecular formula is C13H15ClFNO2. The summed E-state index contributed by atoms with van der Waals surface area (Å²) in [6.07, 6.45) is 3.26. The number of nitrogens with zero attached hydrogens (tertiary/aromatic N) is 1. The highest BCUT2D eigenvalue weighted by Crippen LogP contribution is 2.24. The normalized spacial score (nSPS) is 15.6. The van der Waals surface area contributed by atoms with E-state index in [9.17, 15) is 9.18 Å². The van der Waals surface area contributed by atoms with Gasteiger partial charge in [0.25, 0.3) is 5.91 Å². The number of benzene rings is 1. The predicted octanol–water partition coefficient (Wildman–Crippen LogP) is 2.87. The molecule has 0 aliphatic carbocycles. The van der Waals surface area contributed by atoms with E-state index >= 15 is 0 Å². The van der Waals surface area contributed by atoms with E-state index in [-0.39, 0.29) is 17.5 Å². The fraction of sp³-hybridized carbons (Fsp3) is 0.462. The van der Waals surface area contributed by atoms with Crippen molar-refractivity contribution in [3.63, 3.8) is 0 Å². The van der Waals surface area contributed by atoms with Gasteiger partial charge in [0, 0.05) is 13.1 Å². The van der Waals surface area contributed by atoms with Crippen LogP contribution >= 0.6 is 11.6 Å². The lowest BCUT2D eigenvalue weighted by Gasteiger charge is -2.26. The molecule has 5 heteroatoms. The van der Waals surface area contributed by atoms with Crippen LogP contribution in [0.2, 0.25) is 5.02 Å². The molecule has 0 saturated carbocycles. The molecule has 1 amide bonds. The number of likely N-dealkylation sites (tertiary alicyclic amines) is 1. The van der Waals surface area contributed by atoms with E-state index < -0.39 is 5.82 Å². The molecule has 1 heterocycles. The third-order valence-electron chi connectivity index (χ3n) is 2.95. The summed E-state index contributed by atoms with van der Waals surface area (Å²) >= 11 is 5.81. The zero-order valence-corrected chi connectivity index (χ0v) is 10.8. The molecule has 0 unspecified atom stereocenters. The highest BCUT2D eigenvalue weighted by Gasteiger charge is 2.17. The first-order valence-corrected chi connectivity index (χ1v) is 6.40. The summed E-state index contributed by atoms with van der Waals surface area (Å²) in [6, 6.07) is 3.86. The second-order valence-corrected chi connectivity index (χ2v) is 4.71. The maximum Gasteiger partial charge on any atom is 0.260 e. The summed E-state index contributed by atoms with van der Waals surface area (Å²) in [6.45, 7) is 1.53. The Balaban J connectivity index is 1.88. The summed E-state index contributed by atoms with van der Waals surface area (Å²) < 4.78 is 18.1. The van der Waals surface area contributed by atoms with Gasteiger partial charge in [0.15, 0.2) is 6.61 Å². The van der Waals surface area contributed by atoms with Crippen molar-refractivity contribution in [1.29, 1.82) is 0 Å². The number of piperidine rings is 1. The van der Waals surface area contributed by atoms with E-state index in [1.807, 2.05) is 0 Å². The van der Waals surface area contributed by atoms with Gasteiger partial charge in [-0.05, 0) is 37.5 Å². The average Bonchev–Trinajstić information content (AvgIpc) is 2.38. The van der Waals surface area contributed by atoms with E-state index in [1.165, 1.54) is 24.6 Å². The third-order valence-corrected chi connectivity index (χ3v) is 3.25. The summed E-state index contributed by atoms with van der Waals surface area (Å²) in [5, 5.41) is 0.182. The predicted molar refractivity (Wildman–Crippen MR) is 67.3 cm³/mol. The first kappa shape index (κ1) is 13.1. The number of hydrogen-bond acceptors (Lipinski definition) is 2. The number of carbonyl (C=O) groups excluding carboxylic acids is 1. The van der Waals surface area contributed by atoms with Crippen molar-refractivity contribution in [3.8, 4) is 5.75 Å². The molecule has 0 atom stereocenters. The van der Waals surface area contributed by atoms with Crippen LogP contribution in [0, 0.1) is 5.82 Å². The fourth-order valence-electron chi connectivity index (χ4n) is 1.97. The Morgan fingerprint density at radius 3 is 2.72 bits per heavy atom. The number of rotatable bonds is 3. The topological polar surface area (TPSA) is 29.5 Å². The second kappa shape index (κ2) is 6.05. The van der Waals surface area contributed by atoms with Crippen LogP contribution in [0.5, 0.6) is 5.75 Å². The van der Waals surface area contributed by atoms with E-state index in [4.69, 9.17) is 16.3 Å². The molecule has 1 aliphatic rings. The van der Waals surface area contributed by atoms with Crippen LogP contribution < -0.4 is 4.74 Å². The maximum absolute atomic E-state index is 12.8. The van der Waals surface area contributed by atoms with Gasteiger partial charge in [-0.1, -0.05) is 11.6 Å². The van der Waals surface area contributed by atoms with Gasteiger partial charge in [0.1, 0.15) is 11.6 Å². The van der Waals surface area contributed by atoms with E-state index in [1.54, 1.807) is 4.90 Å². The minimum absolute atomic E-state index is 0.0462. The van der Waals surface area contributed by atoms with Gasteiger partial charge in [-0.2, -0.15) is 0 Å². The van der Waals surface area contributed by atoms with E-state index in [2.05, 4.69) is 0 Å². The Labute approximate surface area is 110 Å². The summed E-state index contributed by atoms with van der Waals surface area (Å²) in [7, 11) is 0. The van der Waals surface area contributed by atoms with Crippen molar-refractivity contribution in [2.75, 3.05) is 19.7 Å². The Kier molecular flexibility index (Phi) is 4.42. The van der Waals surface area contributed by atoms with Crippen LogP contribution in [0.15, 0.2) is 18.2 Å². The Morgan fingerprint density at radius 2 is 2.06 bits per heavy atom. The van der Waals surface area contributed by atoms with Crippen molar-refractivity contribution in [1.82, 2.24) is 4.90 Å². The summed E-state index contributed by atoms with van der Waals surface area (Å²) in [4.78, 5) is 13.6. The first-order chi connectivity index (χ1) is 8.66. The van der Waals surface area contributed by atoms with Gasteiger partial charge in [-0.25, -0.2) is 4.39 Å². The van der Waals surface area contributed by atoms with Crippen molar-refractivity contribution < 1.29 is 13.9 Å². The Morgan fingerprint density at radius 1 is 1.33 bits per heavy atom. The van der Waals surface area contributed by atoms with E-state index in [0.717, 1.165) is 25.9 Å². The smallest absolute Gasteiger partial charge is 0.260 e. The van der Waals surface area contributed by atoms with Crippen LogP contribution in [-0.4, -0.2) is 30.5 Å². The number of carbonyl (C=O) groups is 1. The Hall–Kier alpha value is -1.29. The van der Waals surface area contributed by atoms with E-state index in [0.29, 0.717) is 5.75 Å². The fourth-order valence-corrected chi connectivity index (χ4v) is 2.19. The number of amides is 1. The van der Waals surface area contributed by atoms with Crippen LogP contribution in [0.1, 0.15) is 19.3 Å². The molecular weight excluding hydrogens is 257 g/mol. The number of hydrogen-bond donors (Lipinski definition) is 0. The number of halogens is 2.